The largest absolute Gasteiger partial charge is 0.481 e. The van der Waals surface area contributed by atoms with Crippen molar-refractivity contribution in [3.8, 4) is 0 Å². The van der Waals surface area contributed by atoms with Gasteiger partial charge >= 0.3 is 5.97 Å². The molecule has 1 aromatic carbocycles. The maximum absolute atomic E-state index is 13.8. The summed E-state index contributed by atoms with van der Waals surface area (Å²) in [6.45, 7) is 0. The van der Waals surface area contributed by atoms with Crippen LogP contribution < -0.4 is 0 Å². The van der Waals surface area contributed by atoms with Gasteiger partial charge < -0.3 is 10.0 Å². The van der Waals surface area contributed by atoms with Crippen LogP contribution in [-0.2, 0) is 4.79 Å². The maximum Gasteiger partial charge on any atom is 0.311 e. The average molecular weight is 237 g/mol. The van der Waals surface area contributed by atoms with Gasteiger partial charge in [0.1, 0.15) is 5.82 Å². The Morgan fingerprint density at radius 3 is 2.41 bits per heavy atom. The molecule has 0 heterocycles. The Bertz CT molecular complexity index is 441. The zero-order valence-corrected chi connectivity index (χ0v) is 9.98. The van der Waals surface area contributed by atoms with E-state index < -0.39 is 17.4 Å². The third-order valence-corrected chi connectivity index (χ3v) is 3.45. The first-order valence-corrected chi connectivity index (χ1v) is 5.63. The topological polar surface area (TPSA) is 40.5 Å². The molecule has 4 heteroatoms. The van der Waals surface area contributed by atoms with Crippen LogP contribution in [0.25, 0.3) is 0 Å². The Labute approximate surface area is 99.9 Å². The van der Waals surface area contributed by atoms with Crippen LogP contribution in [0.3, 0.4) is 0 Å². The molecule has 1 N–H and O–H groups in total. The fourth-order valence-electron chi connectivity index (χ4n) is 2.51. The highest BCUT2D eigenvalue weighted by Gasteiger charge is 2.57. The van der Waals surface area contributed by atoms with E-state index in [1.54, 1.807) is 37.2 Å². The molecule has 1 aromatic rings. The van der Waals surface area contributed by atoms with Crippen molar-refractivity contribution >= 4 is 5.97 Å². The lowest BCUT2D eigenvalue weighted by Crippen LogP contribution is -2.34. The lowest BCUT2D eigenvalue weighted by molar-refractivity contribution is -0.146. The smallest absolute Gasteiger partial charge is 0.311 e. The second-order valence-electron chi connectivity index (χ2n) is 4.85. The Morgan fingerprint density at radius 1 is 1.41 bits per heavy atom. The Kier molecular flexibility index (Phi) is 2.91. The van der Waals surface area contributed by atoms with Crippen molar-refractivity contribution in [2.75, 3.05) is 14.1 Å². The molecule has 1 aliphatic rings. The molecule has 1 fully saturated rings. The summed E-state index contributed by atoms with van der Waals surface area (Å²) in [5, 5.41) is 9.33. The highest BCUT2D eigenvalue weighted by atomic mass is 19.1. The summed E-state index contributed by atoms with van der Waals surface area (Å²) < 4.78 is 13.8. The normalized spacial score (nSPS) is 19.1. The SMILES string of the molecule is CN(C)C(c1ccccc1F)C1(C(=O)O)CC1. The second-order valence-corrected chi connectivity index (χ2v) is 4.85. The van der Waals surface area contributed by atoms with Gasteiger partial charge in [0, 0.05) is 5.56 Å². The van der Waals surface area contributed by atoms with Crippen molar-refractivity contribution in [1.29, 1.82) is 0 Å². The van der Waals surface area contributed by atoms with Gasteiger partial charge in [-0.2, -0.15) is 0 Å². The highest BCUT2D eigenvalue weighted by molar-refractivity contribution is 5.79. The first-order chi connectivity index (χ1) is 7.99. The van der Waals surface area contributed by atoms with Gasteiger partial charge in [-0.1, -0.05) is 18.2 Å². The third kappa shape index (κ3) is 1.93. The lowest BCUT2D eigenvalue weighted by atomic mass is 9.89. The van der Waals surface area contributed by atoms with Crippen LogP contribution in [0.15, 0.2) is 24.3 Å². The minimum atomic E-state index is -0.834. The summed E-state index contributed by atoms with van der Waals surface area (Å²) in [5.41, 5.74) is -0.344. The predicted molar refractivity (Wildman–Crippen MR) is 62.1 cm³/mol. The summed E-state index contributed by atoms with van der Waals surface area (Å²) in [5.74, 6) is -1.17. The molecule has 1 saturated carbocycles. The molecule has 17 heavy (non-hydrogen) atoms. The first kappa shape index (κ1) is 12.0. The van der Waals surface area contributed by atoms with E-state index in [9.17, 15) is 14.3 Å². The number of rotatable bonds is 4. The van der Waals surface area contributed by atoms with Crippen molar-refractivity contribution < 1.29 is 14.3 Å². The second kappa shape index (κ2) is 4.11. The van der Waals surface area contributed by atoms with Crippen LogP contribution in [0.2, 0.25) is 0 Å². The van der Waals surface area contributed by atoms with Gasteiger partial charge in [0.15, 0.2) is 0 Å². The average Bonchev–Trinajstić information content (AvgIpc) is 3.02. The van der Waals surface area contributed by atoms with Crippen LogP contribution in [0.4, 0.5) is 4.39 Å². The van der Waals surface area contributed by atoms with E-state index in [0.717, 1.165) is 0 Å². The van der Waals surface area contributed by atoms with Crippen LogP contribution in [0.5, 0.6) is 0 Å². The molecular weight excluding hydrogens is 221 g/mol. The number of carboxylic acid groups (broad SMARTS) is 1. The quantitative estimate of drug-likeness (QED) is 0.873. The van der Waals surface area contributed by atoms with Crippen LogP contribution in [0.1, 0.15) is 24.4 Å². The molecule has 92 valence electrons. The number of aliphatic carboxylic acids is 1. The third-order valence-electron chi connectivity index (χ3n) is 3.45. The fourth-order valence-corrected chi connectivity index (χ4v) is 2.51. The van der Waals surface area contributed by atoms with E-state index in [0.29, 0.717) is 18.4 Å². The number of carbonyl (C=O) groups is 1. The van der Waals surface area contributed by atoms with E-state index in [1.807, 2.05) is 0 Å². The maximum atomic E-state index is 13.8. The number of carboxylic acids is 1. The summed E-state index contributed by atoms with van der Waals surface area (Å²) in [4.78, 5) is 13.2. The number of halogens is 1. The Morgan fingerprint density at radius 2 is 2.00 bits per heavy atom. The number of nitrogens with zero attached hydrogens (tertiary/aromatic N) is 1. The molecule has 1 unspecified atom stereocenters. The van der Waals surface area contributed by atoms with Crippen molar-refractivity contribution in [3.63, 3.8) is 0 Å². The van der Waals surface area contributed by atoms with Crippen molar-refractivity contribution in [3.05, 3.63) is 35.6 Å². The number of benzene rings is 1. The van der Waals surface area contributed by atoms with Gasteiger partial charge in [0.25, 0.3) is 0 Å². The molecule has 0 amide bonds. The van der Waals surface area contributed by atoms with E-state index in [1.165, 1.54) is 6.07 Å². The standard InChI is InChI=1S/C13H16FNO2/c1-15(2)11(13(7-8-13)12(16)17)9-5-3-4-6-10(9)14/h3-6,11H,7-8H2,1-2H3,(H,16,17). The number of hydrogen-bond acceptors (Lipinski definition) is 2. The van der Waals surface area contributed by atoms with E-state index in [2.05, 4.69) is 0 Å². The molecule has 1 aliphatic carbocycles. The van der Waals surface area contributed by atoms with E-state index in [4.69, 9.17) is 0 Å². The van der Waals surface area contributed by atoms with Crippen LogP contribution in [0, 0.1) is 11.2 Å². The van der Waals surface area contributed by atoms with E-state index in [-0.39, 0.29) is 5.82 Å². The van der Waals surface area contributed by atoms with Gasteiger partial charge in [-0.15, -0.1) is 0 Å². The Hall–Kier alpha value is -1.42. The molecular formula is C13H16FNO2. The molecule has 2 rings (SSSR count). The summed E-state index contributed by atoms with van der Waals surface area (Å²) in [7, 11) is 3.58. The highest BCUT2D eigenvalue weighted by Crippen LogP contribution is 2.57. The molecule has 3 nitrogen and oxygen atoms in total. The minimum Gasteiger partial charge on any atom is -0.481 e. The van der Waals surface area contributed by atoms with Crippen molar-refractivity contribution in [2.45, 2.75) is 18.9 Å². The van der Waals surface area contributed by atoms with Gasteiger partial charge in [0.05, 0.1) is 11.5 Å². The lowest BCUT2D eigenvalue weighted by Gasteiger charge is -2.30. The van der Waals surface area contributed by atoms with Gasteiger partial charge in [-0.05, 0) is 33.0 Å². The molecule has 0 spiro atoms. The van der Waals surface area contributed by atoms with Gasteiger partial charge in [-0.25, -0.2) is 4.39 Å². The molecule has 0 radical (unpaired) electrons. The van der Waals surface area contributed by atoms with Crippen LogP contribution in [-0.4, -0.2) is 30.1 Å². The van der Waals surface area contributed by atoms with Gasteiger partial charge in [0.2, 0.25) is 0 Å². The molecule has 0 saturated heterocycles. The van der Waals surface area contributed by atoms with Crippen LogP contribution >= 0.6 is 0 Å². The minimum absolute atomic E-state index is 0.335. The molecule has 1 atom stereocenters. The summed E-state index contributed by atoms with van der Waals surface area (Å²) >= 11 is 0. The molecule has 0 aromatic heterocycles. The fraction of sp³-hybridized carbons (Fsp3) is 0.462. The monoisotopic (exact) mass is 237 g/mol. The summed E-state index contributed by atoms with van der Waals surface area (Å²) in [6.07, 6.45) is 1.22. The summed E-state index contributed by atoms with van der Waals surface area (Å²) in [6, 6.07) is 6.01. The van der Waals surface area contributed by atoms with Crippen molar-refractivity contribution in [2.24, 2.45) is 5.41 Å². The number of hydrogen-bond donors (Lipinski definition) is 1. The zero-order chi connectivity index (χ0) is 12.6. The zero-order valence-electron chi connectivity index (χ0n) is 9.98. The Balaban J connectivity index is 2.44. The van der Waals surface area contributed by atoms with E-state index >= 15 is 0 Å². The predicted octanol–water partition coefficient (Wildman–Crippen LogP) is 2.29. The first-order valence-electron chi connectivity index (χ1n) is 5.63. The molecule has 0 aliphatic heterocycles. The van der Waals surface area contributed by atoms with Gasteiger partial charge in [-0.3, -0.25) is 4.79 Å². The van der Waals surface area contributed by atoms with Crippen molar-refractivity contribution in [1.82, 2.24) is 4.90 Å². The molecule has 0 bridgehead atoms.